The molecule has 1 aliphatic rings. The monoisotopic (exact) mass is 247 g/mol. The van der Waals surface area contributed by atoms with E-state index in [2.05, 4.69) is 11.4 Å². The molecule has 3 nitrogen and oxygen atoms in total. The molecule has 0 aromatic heterocycles. The van der Waals surface area contributed by atoms with Crippen LogP contribution in [-0.2, 0) is 6.54 Å². The van der Waals surface area contributed by atoms with E-state index in [1.54, 1.807) is 7.11 Å². The molecule has 0 heterocycles. The molecule has 1 aromatic carbocycles. The van der Waals surface area contributed by atoms with E-state index >= 15 is 0 Å². The largest absolute Gasteiger partial charge is 0.497 e. The van der Waals surface area contributed by atoms with Crippen LogP contribution < -0.4 is 14.8 Å². The van der Waals surface area contributed by atoms with Gasteiger partial charge in [0.25, 0.3) is 0 Å². The third kappa shape index (κ3) is 3.77. The quantitative estimate of drug-likeness (QED) is 0.751. The first-order chi connectivity index (χ1) is 8.83. The van der Waals surface area contributed by atoms with E-state index < -0.39 is 0 Å². The van der Waals surface area contributed by atoms with Gasteiger partial charge in [-0.15, -0.1) is 0 Å². The van der Waals surface area contributed by atoms with Gasteiger partial charge in [-0.3, -0.25) is 0 Å². The number of ether oxygens (including phenoxy) is 2. The van der Waals surface area contributed by atoms with Crippen LogP contribution in [0.5, 0.6) is 11.5 Å². The van der Waals surface area contributed by atoms with Crippen molar-refractivity contribution in [1.82, 2.24) is 5.32 Å². The Morgan fingerprint density at radius 2 is 2.22 bits per heavy atom. The predicted octanol–water partition coefficient (Wildman–Crippen LogP) is 2.90. The molecule has 1 fully saturated rings. The first kappa shape index (κ1) is 13.0. The molecule has 18 heavy (non-hydrogen) atoms. The number of hydrogen-bond acceptors (Lipinski definition) is 3. The van der Waals surface area contributed by atoms with Gasteiger partial charge in [-0.1, -0.05) is 18.2 Å². The van der Waals surface area contributed by atoms with Crippen LogP contribution in [0.15, 0.2) is 30.4 Å². The zero-order valence-corrected chi connectivity index (χ0v) is 11.1. The van der Waals surface area contributed by atoms with Gasteiger partial charge in [-0.05, 0) is 25.8 Å². The number of nitrogens with one attached hydrogen (secondary N) is 1. The highest BCUT2D eigenvalue weighted by Gasteiger charge is 2.20. The van der Waals surface area contributed by atoms with Crippen LogP contribution in [0.4, 0.5) is 0 Å². The van der Waals surface area contributed by atoms with Crippen molar-refractivity contribution in [1.29, 1.82) is 0 Å². The van der Waals surface area contributed by atoms with Crippen LogP contribution in [0, 0.1) is 0 Å². The average Bonchev–Trinajstić information content (AvgIpc) is 3.21. The molecule has 3 heteroatoms. The van der Waals surface area contributed by atoms with Crippen molar-refractivity contribution >= 4 is 0 Å². The summed E-state index contributed by atoms with van der Waals surface area (Å²) in [6, 6.07) is 6.70. The SMILES string of the molecule is C/C=C/COc1cc(OC)ccc1CNC1CC1. The summed E-state index contributed by atoms with van der Waals surface area (Å²) < 4.78 is 11.0. The molecule has 1 aliphatic carbocycles. The van der Waals surface area contributed by atoms with Crippen LogP contribution in [0.3, 0.4) is 0 Å². The maximum absolute atomic E-state index is 5.77. The Morgan fingerprint density at radius 3 is 2.89 bits per heavy atom. The van der Waals surface area contributed by atoms with Crippen molar-refractivity contribution < 1.29 is 9.47 Å². The maximum Gasteiger partial charge on any atom is 0.127 e. The van der Waals surface area contributed by atoms with E-state index in [-0.39, 0.29) is 0 Å². The van der Waals surface area contributed by atoms with Gasteiger partial charge in [0.05, 0.1) is 7.11 Å². The number of rotatable bonds is 7. The summed E-state index contributed by atoms with van der Waals surface area (Å²) in [6.07, 6.45) is 6.58. The minimum Gasteiger partial charge on any atom is -0.497 e. The van der Waals surface area contributed by atoms with Gasteiger partial charge in [0, 0.05) is 24.2 Å². The number of methoxy groups -OCH3 is 1. The van der Waals surface area contributed by atoms with E-state index in [1.165, 1.54) is 18.4 Å². The first-order valence-corrected chi connectivity index (χ1v) is 6.47. The zero-order valence-electron chi connectivity index (χ0n) is 11.1. The summed E-state index contributed by atoms with van der Waals surface area (Å²) in [4.78, 5) is 0. The van der Waals surface area contributed by atoms with Gasteiger partial charge in [-0.25, -0.2) is 0 Å². The number of allylic oxidation sites excluding steroid dienone is 1. The molecule has 1 saturated carbocycles. The van der Waals surface area contributed by atoms with Gasteiger partial charge >= 0.3 is 0 Å². The van der Waals surface area contributed by atoms with Crippen molar-refractivity contribution in [2.24, 2.45) is 0 Å². The maximum atomic E-state index is 5.77. The van der Waals surface area contributed by atoms with E-state index in [1.807, 2.05) is 31.2 Å². The molecule has 0 amide bonds. The van der Waals surface area contributed by atoms with Crippen molar-refractivity contribution in [2.75, 3.05) is 13.7 Å². The lowest BCUT2D eigenvalue weighted by atomic mass is 10.2. The molecule has 0 spiro atoms. The fourth-order valence-corrected chi connectivity index (χ4v) is 1.72. The van der Waals surface area contributed by atoms with Crippen LogP contribution in [0.2, 0.25) is 0 Å². The Bertz CT molecular complexity index is 411. The molecule has 0 saturated heterocycles. The predicted molar refractivity (Wildman–Crippen MR) is 73.2 cm³/mol. The Kier molecular flexibility index (Phi) is 4.65. The summed E-state index contributed by atoms with van der Waals surface area (Å²) in [7, 11) is 1.67. The Labute approximate surface area is 109 Å². The lowest BCUT2D eigenvalue weighted by Crippen LogP contribution is -2.16. The lowest BCUT2D eigenvalue weighted by Gasteiger charge is -2.12. The number of benzene rings is 1. The molecule has 98 valence electrons. The van der Waals surface area contributed by atoms with Gasteiger partial charge in [0.1, 0.15) is 18.1 Å². The summed E-state index contributed by atoms with van der Waals surface area (Å²) in [5, 5.41) is 3.50. The summed E-state index contributed by atoms with van der Waals surface area (Å²) >= 11 is 0. The molecular formula is C15H21NO2. The van der Waals surface area contributed by atoms with Crippen molar-refractivity contribution in [3.63, 3.8) is 0 Å². The molecule has 0 atom stereocenters. The summed E-state index contributed by atoms with van der Waals surface area (Å²) in [6.45, 7) is 3.45. The van der Waals surface area contributed by atoms with E-state index in [4.69, 9.17) is 9.47 Å². The van der Waals surface area contributed by atoms with Crippen LogP contribution in [0.1, 0.15) is 25.3 Å². The van der Waals surface area contributed by atoms with Gasteiger partial charge < -0.3 is 14.8 Å². The lowest BCUT2D eigenvalue weighted by molar-refractivity contribution is 0.351. The highest BCUT2D eigenvalue weighted by Crippen LogP contribution is 2.26. The topological polar surface area (TPSA) is 30.5 Å². The third-order valence-corrected chi connectivity index (χ3v) is 3.00. The first-order valence-electron chi connectivity index (χ1n) is 6.47. The molecule has 0 radical (unpaired) electrons. The smallest absolute Gasteiger partial charge is 0.127 e. The average molecular weight is 247 g/mol. The normalized spacial score (nSPS) is 15.0. The van der Waals surface area contributed by atoms with Gasteiger partial charge in [0.15, 0.2) is 0 Å². The fraction of sp³-hybridized carbons (Fsp3) is 0.467. The van der Waals surface area contributed by atoms with Crippen molar-refractivity contribution in [2.45, 2.75) is 32.4 Å². The highest BCUT2D eigenvalue weighted by molar-refractivity contribution is 5.41. The summed E-state index contributed by atoms with van der Waals surface area (Å²) in [5.41, 5.74) is 1.19. The third-order valence-electron chi connectivity index (χ3n) is 3.00. The Balaban J connectivity index is 2.03. The molecule has 1 aromatic rings. The van der Waals surface area contributed by atoms with Crippen molar-refractivity contribution in [3.8, 4) is 11.5 Å². The standard InChI is InChI=1S/C15H21NO2/c1-3-4-9-18-15-10-14(17-2)8-5-12(15)11-16-13-6-7-13/h3-5,8,10,13,16H,6-7,9,11H2,1-2H3/b4-3+. The van der Waals surface area contributed by atoms with Crippen molar-refractivity contribution in [3.05, 3.63) is 35.9 Å². The second-order valence-corrected chi connectivity index (χ2v) is 4.51. The fourth-order valence-electron chi connectivity index (χ4n) is 1.72. The van der Waals surface area contributed by atoms with Crippen LogP contribution in [-0.4, -0.2) is 19.8 Å². The van der Waals surface area contributed by atoms with E-state index in [9.17, 15) is 0 Å². The van der Waals surface area contributed by atoms with Gasteiger partial charge in [0.2, 0.25) is 0 Å². The molecule has 0 aliphatic heterocycles. The molecule has 2 rings (SSSR count). The van der Waals surface area contributed by atoms with Gasteiger partial charge in [-0.2, -0.15) is 0 Å². The van der Waals surface area contributed by atoms with E-state index in [0.717, 1.165) is 18.0 Å². The van der Waals surface area contributed by atoms with Crippen LogP contribution >= 0.6 is 0 Å². The second kappa shape index (κ2) is 6.45. The minimum atomic E-state index is 0.597. The van der Waals surface area contributed by atoms with Crippen LogP contribution in [0.25, 0.3) is 0 Å². The molecule has 1 N–H and O–H groups in total. The van der Waals surface area contributed by atoms with E-state index in [0.29, 0.717) is 12.6 Å². The zero-order chi connectivity index (χ0) is 12.8. The molecule has 0 unspecified atom stereocenters. The Hall–Kier alpha value is -1.48. The number of hydrogen-bond donors (Lipinski definition) is 1. The minimum absolute atomic E-state index is 0.597. The molecular weight excluding hydrogens is 226 g/mol. The summed E-state index contributed by atoms with van der Waals surface area (Å²) in [5.74, 6) is 1.74. The second-order valence-electron chi connectivity index (χ2n) is 4.51. The molecule has 0 bridgehead atoms. The highest BCUT2D eigenvalue weighted by atomic mass is 16.5. The Morgan fingerprint density at radius 1 is 1.39 bits per heavy atom.